The number of nitrogens with zero attached hydrogens (tertiary/aromatic N) is 2. The molecule has 2 aromatic heterocycles. The summed E-state index contributed by atoms with van der Waals surface area (Å²) in [5.74, 6) is -5.94. The molecule has 0 spiro atoms. The van der Waals surface area contributed by atoms with E-state index in [1.54, 1.807) is 56.1 Å². The number of rotatable bonds is 29. The van der Waals surface area contributed by atoms with Gasteiger partial charge in [0.25, 0.3) is 0 Å². The molecule has 0 saturated carbocycles. The van der Waals surface area contributed by atoms with Crippen molar-refractivity contribution in [2.45, 2.75) is 140 Å². The van der Waals surface area contributed by atoms with E-state index in [9.17, 15) is 43.2 Å². The monoisotopic (exact) mass is 1080 g/mol. The van der Waals surface area contributed by atoms with Crippen molar-refractivity contribution in [1.82, 2.24) is 57.1 Å². The first-order valence-corrected chi connectivity index (χ1v) is 26.8. The Morgan fingerprint density at radius 3 is 2.04 bits per heavy atom. The van der Waals surface area contributed by atoms with E-state index in [0.717, 1.165) is 16.5 Å². The first-order valence-electron chi connectivity index (χ1n) is 25.8. The Balaban J connectivity index is 1.24. The number of primary amides is 2. The van der Waals surface area contributed by atoms with Crippen molar-refractivity contribution in [2.24, 2.45) is 29.0 Å². The SMILES string of the molecule is CC(C)CC(CN1CSC(C)(C)C1C(N)=O)NC(=O)C(Cc1cnc[nH]1)NC(=O)CNC(=O)C(NC(=O)C(C)NC(=O)C(Cc1c[nH]c2ccccc12)NC(=O)C(CCC(N)=O)NC(=O)C(N)Cc1ccccc1)C(C)C. The number of aromatic nitrogens is 3. The average molecular weight is 1090 g/mol. The van der Waals surface area contributed by atoms with Crippen LogP contribution in [0.3, 0.4) is 0 Å². The lowest BCUT2D eigenvalue weighted by Crippen LogP contribution is -2.59. The first-order chi connectivity index (χ1) is 36.4. The highest BCUT2D eigenvalue weighted by molar-refractivity contribution is 8.00. The number of carbonyl (C=O) groups excluding carboxylic acids is 9. The Labute approximate surface area is 452 Å². The van der Waals surface area contributed by atoms with E-state index < -0.39 is 119 Å². The molecule has 23 nitrogen and oxygen atoms in total. The molecule has 8 atom stereocenters. The lowest BCUT2D eigenvalue weighted by atomic mass is 9.98. The quantitative estimate of drug-likeness (QED) is 0.0339. The van der Waals surface area contributed by atoms with Crippen molar-refractivity contribution in [3.63, 3.8) is 0 Å². The molecule has 9 amide bonds. The van der Waals surface area contributed by atoms with Gasteiger partial charge in [-0.1, -0.05) is 76.2 Å². The predicted octanol–water partition coefficient (Wildman–Crippen LogP) is -0.103. The predicted molar refractivity (Wildman–Crippen MR) is 292 cm³/mol. The minimum atomic E-state index is -1.34. The zero-order chi connectivity index (χ0) is 56.6. The maximum Gasteiger partial charge on any atom is 0.243 e. The zero-order valence-electron chi connectivity index (χ0n) is 44.8. The molecule has 0 aliphatic carbocycles. The molecule has 2 aromatic carbocycles. The van der Waals surface area contributed by atoms with Crippen LogP contribution in [0.15, 0.2) is 73.3 Å². The second kappa shape index (κ2) is 28.2. The number of amides is 9. The van der Waals surface area contributed by atoms with Crippen LogP contribution in [0.5, 0.6) is 0 Å². The lowest BCUT2D eigenvalue weighted by Gasteiger charge is -2.32. The molecule has 5 rings (SSSR count). The highest BCUT2D eigenvalue weighted by Crippen LogP contribution is 2.39. The number of hydrogen-bond donors (Lipinski definition) is 12. The largest absolute Gasteiger partial charge is 0.370 e. The fourth-order valence-corrected chi connectivity index (χ4v) is 10.4. The molecule has 3 heterocycles. The van der Waals surface area contributed by atoms with E-state index in [1.165, 1.54) is 19.4 Å². The summed E-state index contributed by atoms with van der Waals surface area (Å²) >= 11 is 1.60. The Morgan fingerprint density at radius 1 is 0.740 bits per heavy atom. The summed E-state index contributed by atoms with van der Waals surface area (Å²) in [4.78, 5) is 133. The molecule has 77 heavy (non-hydrogen) atoms. The van der Waals surface area contributed by atoms with Gasteiger partial charge in [0, 0.05) is 71.5 Å². The molecular formula is C53H76N14O9S. The van der Waals surface area contributed by atoms with Crippen LogP contribution in [0.4, 0.5) is 0 Å². The number of nitrogens with one attached hydrogen (secondary N) is 9. The van der Waals surface area contributed by atoms with Crippen molar-refractivity contribution < 1.29 is 43.2 Å². The smallest absolute Gasteiger partial charge is 0.243 e. The molecule has 1 aliphatic rings. The summed E-state index contributed by atoms with van der Waals surface area (Å²) in [5.41, 5.74) is 20.2. The molecule has 1 saturated heterocycles. The summed E-state index contributed by atoms with van der Waals surface area (Å²) < 4.78 is -0.432. The number of nitrogens with two attached hydrogens (primary N) is 3. The number of carbonyl (C=O) groups is 9. The molecule has 0 radical (unpaired) electrons. The number of thioether (sulfide) groups is 1. The Bertz CT molecular complexity index is 2680. The van der Waals surface area contributed by atoms with Gasteiger partial charge in [0.1, 0.15) is 36.3 Å². The van der Waals surface area contributed by atoms with Crippen LogP contribution in [0.1, 0.15) is 84.5 Å². The van der Waals surface area contributed by atoms with Crippen LogP contribution in [0.25, 0.3) is 10.9 Å². The van der Waals surface area contributed by atoms with Gasteiger partial charge < -0.3 is 64.4 Å². The maximum atomic E-state index is 14.2. The summed E-state index contributed by atoms with van der Waals surface area (Å²) in [6, 6.07) is 8.05. The standard InChI is InChI=1S/C53H76N14O9S/c1-29(2)19-35(26-67-28-77-53(6,7)45(67)46(56)70)62-51(75)41(22-34-24-57-27-60-34)63-43(69)25-59-52(76)44(30(3)4)66-47(71)31(5)61-50(74)40(21-33-23-58-38-16-12-11-15-36(33)38)65-49(73)39(17-18-42(55)68)64-48(72)37(54)20-32-13-9-8-10-14-32/h8-16,23-24,27,29-31,35,37,39-41,44-45,58H,17-22,25-26,28,54H2,1-7H3,(H2,55,68)(H2,56,70)(H,57,60)(H,59,76)(H,61,74)(H,62,75)(H,63,69)(H,64,72)(H,65,73)(H,66,71). The van der Waals surface area contributed by atoms with Gasteiger partial charge in [-0.3, -0.25) is 48.1 Å². The molecule has 4 aromatic rings. The fraction of sp³-hybridized carbons (Fsp3) is 0.509. The van der Waals surface area contributed by atoms with Crippen LogP contribution in [-0.2, 0) is 62.4 Å². The Morgan fingerprint density at radius 2 is 1.39 bits per heavy atom. The zero-order valence-corrected chi connectivity index (χ0v) is 45.6. The number of fused-ring (bicyclic) bond motifs is 1. The number of H-pyrrole nitrogens is 2. The Kier molecular flexibility index (Phi) is 22.2. The number of aromatic amines is 2. The third-order valence-corrected chi connectivity index (χ3v) is 14.6. The van der Waals surface area contributed by atoms with Gasteiger partial charge in [0.2, 0.25) is 53.2 Å². The molecule has 8 unspecified atom stereocenters. The third-order valence-electron chi connectivity index (χ3n) is 13.2. The summed E-state index contributed by atoms with van der Waals surface area (Å²) in [6.45, 7) is 12.4. The summed E-state index contributed by atoms with van der Waals surface area (Å²) in [7, 11) is 0. The van der Waals surface area contributed by atoms with Gasteiger partial charge in [-0.25, -0.2) is 4.98 Å². The van der Waals surface area contributed by atoms with Crippen LogP contribution < -0.4 is 54.4 Å². The number of imidazole rings is 1. The van der Waals surface area contributed by atoms with Crippen molar-refractivity contribution in [1.29, 1.82) is 0 Å². The summed E-state index contributed by atoms with van der Waals surface area (Å²) in [6.07, 6.45) is 4.86. The van der Waals surface area contributed by atoms with Gasteiger partial charge in [0.15, 0.2) is 0 Å². The number of benzene rings is 2. The Hall–Kier alpha value is -7.31. The van der Waals surface area contributed by atoms with Crippen molar-refractivity contribution in [3.8, 4) is 0 Å². The lowest BCUT2D eigenvalue weighted by molar-refractivity contribution is -0.135. The van der Waals surface area contributed by atoms with Crippen LogP contribution >= 0.6 is 11.8 Å². The van der Waals surface area contributed by atoms with Gasteiger partial charge >= 0.3 is 0 Å². The van der Waals surface area contributed by atoms with Crippen LogP contribution in [-0.4, -0.2) is 145 Å². The van der Waals surface area contributed by atoms with Crippen molar-refractivity contribution >= 4 is 75.8 Å². The van der Waals surface area contributed by atoms with Gasteiger partial charge in [0.05, 0.1) is 18.9 Å². The number of para-hydroxylation sites is 1. The molecule has 15 N–H and O–H groups in total. The van der Waals surface area contributed by atoms with E-state index in [1.807, 2.05) is 62.9 Å². The minimum absolute atomic E-state index is 0.0351. The second-order valence-corrected chi connectivity index (χ2v) is 22.5. The maximum absolute atomic E-state index is 14.2. The second-order valence-electron chi connectivity index (χ2n) is 20.9. The molecule has 0 bridgehead atoms. The number of hydrogen-bond acceptors (Lipinski definition) is 13. The molecule has 24 heteroatoms. The van der Waals surface area contributed by atoms with E-state index in [-0.39, 0.29) is 38.0 Å². The average Bonchev–Trinajstić information content (AvgIpc) is 4.11. The summed E-state index contributed by atoms with van der Waals surface area (Å²) in [5, 5.41) is 19.7. The first kappa shape index (κ1) is 60.6. The van der Waals surface area contributed by atoms with Gasteiger partial charge in [-0.05, 0) is 69.1 Å². The normalized spacial score (nSPS) is 17.0. The minimum Gasteiger partial charge on any atom is -0.370 e. The van der Waals surface area contributed by atoms with Crippen molar-refractivity contribution in [2.75, 3.05) is 19.0 Å². The topological polar surface area (TPSA) is 364 Å². The van der Waals surface area contributed by atoms with E-state index in [2.05, 4.69) is 52.2 Å². The fourth-order valence-electron chi connectivity index (χ4n) is 9.19. The van der Waals surface area contributed by atoms with Gasteiger partial charge in [-0.2, -0.15) is 0 Å². The van der Waals surface area contributed by atoms with Gasteiger partial charge in [-0.15, -0.1) is 11.8 Å². The van der Waals surface area contributed by atoms with Crippen LogP contribution in [0, 0.1) is 11.8 Å². The highest BCUT2D eigenvalue weighted by Gasteiger charge is 2.45. The molecular weight excluding hydrogens is 1010 g/mol. The van der Waals surface area contributed by atoms with E-state index in [4.69, 9.17) is 17.2 Å². The highest BCUT2D eigenvalue weighted by atomic mass is 32.2. The molecule has 1 aliphatic heterocycles. The molecule has 418 valence electrons. The van der Waals surface area contributed by atoms with E-state index >= 15 is 0 Å². The van der Waals surface area contributed by atoms with Crippen LogP contribution in [0.2, 0.25) is 0 Å². The van der Waals surface area contributed by atoms with Crippen molar-refractivity contribution in [3.05, 3.63) is 90.1 Å². The van der Waals surface area contributed by atoms with E-state index in [0.29, 0.717) is 30.1 Å². The third kappa shape index (κ3) is 18.2. The molecule has 1 fully saturated rings.